The average Bonchev–Trinajstić information content (AvgIpc) is 2.81. The molecule has 1 saturated heterocycles. The number of nitrogens with zero attached hydrogens (tertiary/aromatic N) is 1. The highest BCUT2D eigenvalue weighted by atomic mass is 16.5. The smallest absolute Gasteiger partial charge is 0.241 e. The van der Waals surface area contributed by atoms with Crippen molar-refractivity contribution in [3.8, 4) is 0 Å². The maximum atomic E-state index is 12.3. The zero-order valence-corrected chi connectivity index (χ0v) is 13.0. The minimum absolute atomic E-state index is 0.0944. The molecule has 1 atom stereocenters. The monoisotopic (exact) mass is 290 g/mol. The second-order valence-corrected chi connectivity index (χ2v) is 6.00. The molecule has 0 saturated carbocycles. The summed E-state index contributed by atoms with van der Waals surface area (Å²) in [5.74, 6) is 0.849. The van der Waals surface area contributed by atoms with Gasteiger partial charge >= 0.3 is 0 Å². The second kappa shape index (κ2) is 8.15. The molecule has 0 spiro atoms. The minimum atomic E-state index is -0.0944. The third-order valence-electron chi connectivity index (χ3n) is 3.77. The Labute approximate surface area is 127 Å². The summed E-state index contributed by atoms with van der Waals surface area (Å²) < 4.78 is 5.59. The first kappa shape index (κ1) is 16.0. The van der Waals surface area contributed by atoms with Crippen molar-refractivity contribution >= 4 is 5.91 Å². The Bertz CT molecular complexity index is 434. The number of amides is 1. The van der Waals surface area contributed by atoms with Gasteiger partial charge in [-0.3, -0.25) is 10.1 Å². The summed E-state index contributed by atoms with van der Waals surface area (Å²) in [4.78, 5) is 14.1. The maximum Gasteiger partial charge on any atom is 0.241 e. The predicted octanol–water partition coefficient (Wildman–Crippen LogP) is 2.05. The van der Waals surface area contributed by atoms with Crippen LogP contribution in [0.1, 0.15) is 25.8 Å². The number of hydrogen-bond acceptors (Lipinski definition) is 3. The Balaban J connectivity index is 1.69. The van der Waals surface area contributed by atoms with Crippen molar-refractivity contribution in [2.75, 3.05) is 26.4 Å². The molecular formula is C17H26N2O2. The van der Waals surface area contributed by atoms with Crippen LogP contribution in [-0.2, 0) is 16.0 Å². The van der Waals surface area contributed by atoms with Crippen LogP contribution in [0.2, 0.25) is 0 Å². The molecule has 1 unspecified atom stereocenters. The largest absolute Gasteiger partial charge is 0.380 e. The van der Waals surface area contributed by atoms with Gasteiger partial charge in [-0.1, -0.05) is 44.2 Å². The standard InChI is InChI=1S/C17H26N2O2/c1-14(2)8-10-21-11-9-19-13-18-16(17(19)20)12-15-6-4-3-5-7-15/h3-7,14,16,18H,8-13H2,1-2H3. The summed E-state index contributed by atoms with van der Waals surface area (Å²) in [7, 11) is 0. The van der Waals surface area contributed by atoms with E-state index in [-0.39, 0.29) is 11.9 Å². The van der Waals surface area contributed by atoms with Gasteiger partial charge in [0.15, 0.2) is 0 Å². The lowest BCUT2D eigenvalue weighted by molar-refractivity contribution is -0.129. The van der Waals surface area contributed by atoms with Crippen LogP contribution in [-0.4, -0.2) is 43.3 Å². The van der Waals surface area contributed by atoms with Crippen molar-refractivity contribution in [2.45, 2.75) is 32.7 Å². The van der Waals surface area contributed by atoms with Gasteiger partial charge in [0.25, 0.3) is 0 Å². The topological polar surface area (TPSA) is 41.6 Å². The van der Waals surface area contributed by atoms with E-state index < -0.39 is 0 Å². The summed E-state index contributed by atoms with van der Waals surface area (Å²) >= 11 is 0. The van der Waals surface area contributed by atoms with E-state index >= 15 is 0 Å². The fourth-order valence-corrected chi connectivity index (χ4v) is 2.40. The van der Waals surface area contributed by atoms with Crippen LogP contribution in [0.5, 0.6) is 0 Å². The molecule has 1 aliphatic heterocycles. The third-order valence-corrected chi connectivity index (χ3v) is 3.77. The van der Waals surface area contributed by atoms with E-state index in [9.17, 15) is 4.79 Å². The first-order valence-electron chi connectivity index (χ1n) is 7.80. The minimum Gasteiger partial charge on any atom is -0.380 e. The Morgan fingerprint density at radius 1 is 1.29 bits per heavy atom. The molecule has 1 aliphatic rings. The molecule has 4 heteroatoms. The van der Waals surface area contributed by atoms with E-state index in [1.165, 1.54) is 5.56 Å². The molecule has 116 valence electrons. The lowest BCUT2D eigenvalue weighted by Crippen LogP contribution is -2.34. The van der Waals surface area contributed by atoms with E-state index in [1.807, 2.05) is 23.1 Å². The van der Waals surface area contributed by atoms with Gasteiger partial charge in [0.05, 0.1) is 19.3 Å². The van der Waals surface area contributed by atoms with Gasteiger partial charge in [-0.05, 0) is 24.3 Å². The second-order valence-electron chi connectivity index (χ2n) is 6.00. The van der Waals surface area contributed by atoms with Gasteiger partial charge in [0.2, 0.25) is 5.91 Å². The van der Waals surface area contributed by atoms with Crippen LogP contribution in [0.3, 0.4) is 0 Å². The summed E-state index contributed by atoms with van der Waals surface area (Å²) in [6.45, 7) is 7.08. The summed E-state index contributed by atoms with van der Waals surface area (Å²) in [5.41, 5.74) is 1.19. The number of ether oxygens (including phenoxy) is 1. The molecule has 1 aromatic rings. The molecule has 0 radical (unpaired) electrons. The number of hydrogen-bond donors (Lipinski definition) is 1. The van der Waals surface area contributed by atoms with Gasteiger partial charge in [-0.2, -0.15) is 0 Å². The molecule has 1 heterocycles. The normalized spacial score (nSPS) is 18.7. The Morgan fingerprint density at radius 3 is 2.76 bits per heavy atom. The fourth-order valence-electron chi connectivity index (χ4n) is 2.40. The fraction of sp³-hybridized carbons (Fsp3) is 0.588. The molecular weight excluding hydrogens is 264 g/mol. The summed E-state index contributed by atoms with van der Waals surface area (Å²) in [6.07, 6.45) is 1.83. The molecule has 1 N–H and O–H groups in total. The molecule has 4 nitrogen and oxygen atoms in total. The number of benzene rings is 1. The van der Waals surface area contributed by atoms with Crippen molar-refractivity contribution in [1.82, 2.24) is 10.2 Å². The van der Waals surface area contributed by atoms with Crippen LogP contribution in [0.4, 0.5) is 0 Å². The van der Waals surface area contributed by atoms with E-state index in [0.29, 0.717) is 25.7 Å². The Kier molecular flexibility index (Phi) is 6.21. The zero-order valence-electron chi connectivity index (χ0n) is 13.0. The van der Waals surface area contributed by atoms with Crippen molar-refractivity contribution in [1.29, 1.82) is 0 Å². The van der Waals surface area contributed by atoms with E-state index in [1.54, 1.807) is 0 Å². The molecule has 0 aromatic heterocycles. The molecule has 2 rings (SSSR count). The zero-order chi connectivity index (χ0) is 15.1. The van der Waals surface area contributed by atoms with Gasteiger partial charge in [-0.15, -0.1) is 0 Å². The van der Waals surface area contributed by atoms with E-state index in [2.05, 4.69) is 31.3 Å². The Morgan fingerprint density at radius 2 is 2.05 bits per heavy atom. The summed E-state index contributed by atoms with van der Waals surface area (Å²) in [6, 6.07) is 10.0. The van der Waals surface area contributed by atoms with Crippen LogP contribution in [0.25, 0.3) is 0 Å². The average molecular weight is 290 g/mol. The highest BCUT2D eigenvalue weighted by Gasteiger charge is 2.30. The van der Waals surface area contributed by atoms with Crippen LogP contribution < -0.4 is 5.32 Å². The lowest BCUT2D eigenvalue weighted by Gasteiger charge is -2.15. The predicted molar refractivity (Wildman–Crippen MR) is 83.9 cm³/mol. The highest BCUT2D eigenvalue weighted by Crippen LogP contribution is 2.10. The first-order valence-corrected chi connectivity index (χ1v) is 7.80. The maximum absolute atomic E-state index is 12.3. The Hall–Kier alpha value is -1.39. The van der Waals surface area contributed by atoms with Gasteiger partial charge in [-0.25, -0.2) is 0 Å². The molecule has 1 aromatic carbocycles. The van der Waals surface area contributed by atoms with Crippen molar-refractivity contribution in [2.24, 2.45) is 5.92 Å². The quantitative estimate of drug-likeness (QED) is 0.745. The van der Waals surface area contributed by atoms with Crippen molar-refractivity contribution in [3.05, 3.63) is 35.9 Å². The van der Waals surface area contributed by atoms with Gasteiger partial charge in [0.1, 0.15) is 0 Å². The van der Waals surface area contributed by atoms with E-state index in [4.69, 9.17) is 4.74 Å². The molecule has 1 amide bonds. The molecule has 0 aliphatic carbocycles. The number of rotatable bonds is 8. The van der Waals surface area contributed by atoms with Gasteiger partial charge in [0, 0.05) is 13.2 Å². The number of carbonyl (C=O) groups is 1. The van der Waals surface area contributed by atoms with Crippen molar-refractivity contribution in [3.63, 3.8) is 0 Å². The lowest BCUT2D eigenvalue weighted by atomic mass is 10.1. The molecule has 21 heavy (non-hydrogen) atoms. The molecule has 1 fully saturated rings. The first-order chi connectivity index (χ1) is 10.2. The number of nitrogens with one attached hydrogen (secondary N) is 1. The van der Waals surface area contributed by atoms with E-state index in [0.717, 1.165) is 19.4 Å². The summed E-state index contributed by atoms with van der Waals surface area (Å²) in [5, 5.41) is 3.28. The van der Waals surface area contributed by atoms with Crippen LogP contribution >= 0.6 is 0 Å². The van der Waals surface area contributed by atoms with Crippen LogP contribution in [0.15, 0.2) is 30.3 Å². The number of carbonyl (C=O) groups excluding carboxylic acids is 1. The van der Waals surface area contributed by atoms with Crippen LogP contribution in [0, 0.1) is 5.92 Å². The van der Waals surface area contributed by atoms with Gasteiger partial charge < -0.3 is 9.64 Å². The molecule has 0 bridgehead atoms. The van der Waals surface area contributed by atoms with Crippen molar-refractivity contribution < 1.29 is 9.53 Å². The highest BCUT2D eigenvalue weighted by molar-refractivity contribution is 5.84. The SMILES string of the molecule is CC(C)CCOCCN1CNC(Cc2ccccc2)C1=O. The third kappa shape index (κ3) is 5.14.